The van der Waals surface area contributed by atoms with E-state index < -0.39 is 4.92 Å². The zero-order chi connectivity index (χ0) is 13.1. The number of aryl methyl sites for hydroxylation is 1. The molecule has 0 aliphatic carbocycles. The van der Waals surface area contributed by atoms with Gasteiger partial charge in [0.25, 0.3) is 0 Å². The largest absolute Gasteiger partial charge is 0.384 e. The molecule has 18 heavy (non-hydrogen) atoms. The standard InChI is InChI=1S/C10H12N6O2/c1-6-2-3-12-10(8(6)16(17)18)13-4-7-5-14-15-9(7)11/h2-3,5H,4H2,1H3,(H,12,13)(H3,11,14,15). The topological polar surface area (TPSA) is 123 Å². The Hall–Kier alpha value is -2.64. The van der Waals surface area contributed by atoms with Crippen molar-refractivity contribution >= 4 is 17.3 Å². The number of nitrogens with two attached hydrogens (primary N) is 1. The number of aromatic amines is 1. The molecule has 0 unspecified atom stereocenters. The Labute approximate surface area is 102 Å². The zero-order valence-corrected chi connectivity index (χ0v) is 9.67. The highest BCUT2D eigenvalue weighted by molar-refractivity contribution is 5.60. The highest BCUT2D eigenvalue weighted by atomic mass is 16.6. The van der Waals surface area contributed by atoms with Crippen LogP contribution in [-0.2, 0) is 6.54 Å². The minimum Gasteiger partial charge on any atom is -0.384 e. The van der Waals surface area contributed by atoms with E-state index in [0.717, 1.165) is 5.56 Å². The van der Waals surface area contributed by atoms with Crippen molar-refractivity contribution in [3.63, 3.8) is 0 Å². The lowest BCUT2D eigenvalue weighted by Crippen LogP contribution is -2.06. The Balaban J connectivity index is 2.22. The highest BCUT2D eigenvalue weighted by Gasteiger charge is 2.18. The molecule has 0 saturated carbocycles. The number of H-pyrrole nitrogens is 1. The second-order valence-electron chi connectivity index (χ2n) is 3.74. The van der Waals surface area contributed by atoms with Gasteiger partial charge in [0.1, 0.15) is 5.82 Å². The number of hydrogen-bond donors (Lipinski definition) is 3. The van der Waals surface area contributed by atoms with E-state index in [-0.39, 0.29) is 11.5 Å². The molecule has 0 saturated heterocycles. The smallest absolute Gasteiger partial charge is 0.314 e. The molecule has 2 aromatic heterocycles. The van der Waals surface area contributed by atoms with Gasteiger partial charge >= 0.3 is 5.69 Å². The van der Waals surface area contributed by atoms with Crippen LogP contribution in [0.1, 0.15) is 11.1 Å². The maximum atomic E-state index is 11.0. The van der Waals surface area contributed by atoms with E-state index in [4.69, 9.17) is 5.73 Å². The summed E-state index contributed by atoms with van der Waals surface area (Å²) >= 11 is 0. The molecule has 2 aromatic rings. The van der Waals surface area contributed by atoms with Crippen LogP contribution in [0.15, 0.2) is 18.5 Å². The van der Waals surface area contributed by atoms with Gasteiger partial charge in [-0.1, -0.05) is 0 Å². The van der Waals surface area contributed by atoms with Crippen molar-refractivity contribution in [3.8, 4) is 0 Å². The monoisotopic (exact) mass is 248 g/mol. The fourth-order valence-electron chi connectivity index (χ4n) is 1.55. The number of nitrogen functional groups attached to an aromatic ring is 1. The van der Waals surface area contributed by atoms with Crippen molar-refractivity contribution in [2.75, 3.05) is 11.1 Å². The van der Waals surface area contributed by atoms with Crippen LogP contribution in [-0.4, -0.2) is 20.1 Å². The van der Waals surface area contributed by atoms with Gasteiger partial charge in [0, 0.05) is 23.9 Å². The molecule has 0 aliphatic rings. The quantitative estimate of drug-likeness (QED) is 0.552. The molecule has 0 atom stereocenters. The fourth-order valence-corrected chi connectivity index (χ4v) is 1.55. The molecular formula is C10H12N6O2. The highest BCUT2D eigenvalue weighted by Crippen LogP contribution is 2.26. The molecular weight excluding hydrogens is 236 g/mol. The van der Waals surface area contributed by atoms with Gasteiger partial charge in [0.05, 0.1) is 11.1 Å². The van der Waals surface area contributed by atoms with Gasteiger partial charge in [-0.25, -0.2) is 4.98 Å². The van der Waals surface area contributed by atoms with Gasteiger partial charge in [-0.15, -0.1) is 0 Å². The SMILES string of the molecule is Cc1ccnc(NCc2cn[nH]c2N)c1[N+](=O)[O-]. The van der Waals surface area contributed by atoms with E-state index in [1.165, 1.54) is 6.20 Å². The number of aromatic nitrogens is 3. The maximum absolute atomic E-state index is 11.0. The second-order valence-corrected chi connectivity index (χ2v) is 3.74. The Morgan fingerprint density at radius 2 is 2.39 bits per heavy atom. The first-order valence-electron chi connectivity index (χ1n) is 5.21. The first-order chi connectivity index (χ1) is 8.59. The van der Waals surface area contributed by atoms with Gasteiger partial charge in [-0.05, 0) is 13.0 Å². The number of nitrogens with one attached hydrogen (secondary N) is 2. The van der Waals surface area contributed by atoms with E-state index in [9.17, 15) is 10.1 Å². The summed E-state index contributed by atoms with van der Waals surface area (Å²) in [5, 5.41) is 20.2. The van der Waals surface area contributed by atoms with E-state index >= 15 is 0 Å². The predicted octanol–water partition coefficient (Wildman–Crippen LogP) is 1.22. The van der Waals surface area contributed by atoms with E-state index in [2.05, 4.69) is 20.5 Å². The molecule has 0 aromatic carbocycles. The lowest BCUT2D eigenvalue weighted by molar-refractivity contribution is -0.384. The lowest BCUT2D eigenvalue weighted by atomic mass is 10.2. The summed E-state index contributed by atoms with van der Waals surface area (Å²) in [4.78, 5) is 14.5. The molecule has 4 N–H and O–H groups in total. The first kappa shape index (κ1) is 11.8. The lowest BCUT2D eigenvalue weighted by Gasteiger charge is -2.06. The van der Waals surface area contributed by atoms with Crippen LogP contribution in [0.25, 0.3) is 0 Å². The van der Waals surface area contributed by atoms with Crippen molar-refractivity contribution in [1.29, 1.82) is 0 Å². The van der Waals surface area contributed by atoms with Crippen molar-refractivity contribution in [2.45, 2.75) is 13.5 Å². The van der Waals surface area contributed by atoms with Gasteiger partial charge in [-0.3, -0.25) is 15.2 Å². The third-order valence-corrected chi connectivity index (χ3v) is 2.51. The molecule has 0 radical (unpaired) electrons. The average Bonchev–Trinajstić information content (AvgIpc) is 2.71. The van der Waals surface area contributed by atoms with Gasteiger partial charge in [0.15, 0.2) is 0 Å². The van der Waals surface area contributed by atoms with Crippen LogP contribution in [0.2, 0.25) is 0 Å². The van der Waals surface area contributed by atoms with Crippen LogP contribution in [0.3, 0.4) is 0 Å². The fraction of sp³-hybridized carbons (Fsp3) is 0.200. The zero-order valence-electron chi connectivity index (χ0n) is 9.67. The van der Waals surface area contributed by atoms with Gasteiger partial charge in [0.2, 0.25) is 5.82 Å². The Morgan fingerprint density at radius 1 is 1.61 bits per heavy atom. The number of nitro groups is 1. The summed E-state index contributed by atoms with van der Waals surface area (Å²) in [6.07, 6.45) is 3.08. The van der Waals surface area contributed by atoms with Crippen molar-refractivity contribution in [3.05, 3.63) is 39.7 Å². The Morgan fingerprint density at radius 3 is 3.00 bits per heavy atom. The molecule has 0 spiro atoms. The molecule has 0 fully saturated rings. The summed E-state index contributed by atoms with van der Waals surface area (Å²) in [6.45, 7) is 1.98. The Bertz CT molecular complexity index is 579. The molecule has 0 bridgehead atoms. The summed E-state index contributed by atoms with van der Waals surface area (Å²) in [5.74, 6) is 0.651. The molecule has 8 nitrogen and oxygen atoms in total. The van der Waals surface area contributed by atoms with Crippen LogP contribution < -0.4 is 11.1 Å². The Kier molecular flexibility index (Phi) is 3.09. The summed E-state index contributed by atoms with van der Waals surface area (Å²) < 4.78 is 0. The molecule has 94 valence electrons. The van der Waals surface area contributed by atoms with Crippen LogP contribution in [0.4, 0.5) is 17.3 Å². The number of rotatable bonds is 4. The van der Waals surface area contributed by atoms with E-state index in [1.807, 2.05) is 0 Å². The third-order valence-electron chi connectivity index (χ3n) is 2.51. The molecule has 2 rings (SSSR count). The first-order valence-corrected chi connectivity index (χ1v) is 5.21. The van der Waals surface area contributed by atoms with Crippen molar-refractivity contribution < 1.29 is 4.92 Å². The van der Waals surface area contributed by atoms with Crippen LogP contribution >= 0.6 is 0 Å². The minimum absolute atomic E-state index is 0.0282. The number of hydrogen-bond acceptors (Lipinski definition) is 6. The number of nitrogens with zero attached hydrogens (tertiary/aromatic N) is 3. The van der Waals surface area contributed by atoms with E-state index in [0.29, 0.717) is 17.9 Å². The molecule has 0 amide bonds. The minimum atomic E-state index is -0.455. The second kappa shape index (κ2) is 4.70. The predicted molar refractivity (Wildman–Crippen MR) is 66.0 cm³/mol. The third kappa shape index (κ3) is 2.21. The summed E-state index contributed by atoms with van der Waals surface area (Å²) in [6, 6.07) is 1.59. The molecule has 0 aliphatic heterocycles. The van der Waals surface area contributed by atoms with Gasteiger partial charge < -0.3 is 11.1 Å². The summed E-state index contributed by atoms with van der Waals surface area (Å²) in [5.41, 5.74) is 6.87. The summed E-state index contributed by atoms with van der Waals surface area (Å²) in [7, 11) is 0. The van der Waals surface area contributed by atoms with E-state index in [1.54, 1.807) is 19.2 Å². The average molecular weight is 248 g/mol. The van der Waals surface area contributed by atoms with Gasteiger partial charge in [-0.2, -0.15) is 5.10 Å². The maximum Gasteiger partial charge on any atom is 0.314 e. The molecule has 2 heterocycles. The van der Waals surface area contributed by atoms with Crippen molar-refractivity contribution in [1.82, 2.24) is 15.2 Å². The normalized spacial score (nSPS) is 10.3. The number of anilines is 2. The number of pyridine rings is 1. The van der Waals surface area contributed by atoms with Crippen molar-refractivity contribution in [2.24, 2.45) is 0 Å². The molecule has 8 heteroatoms. The van der Waals surface area contributed by atoms with Crippen LogP contribution in [0.5, 0.6) is 0 Å². The van der Waals surface area contributed by atoms with Crippen LogP contribution in [0, 0.1) is 17.0 Å².